The molecule has 0 aromatic heterocycles. The molecule has 1 aliphatic heterocycles. The quantitative estimate of drug-likeness (QED) is 0.537. The van der Waals surface area contributed by atoms with E-state index in [-0.39, 0.29) is 18.0 Å². The number of benzene rings is 3. The molecule has 0 spiro atoms. The number of phenols is 1. The molecule has 0 saturated heterocycles. The second kappa shape index (κ2) is 8.50. The summed E-state index contributed by atoms with van der Waals surface area (Å²) in [6.07, 6.45) is 3.03. The van der Waals surface area contributed by atoms with E-state index in [1.807, 2.05) is 30.3 Å². The molecule has 4 rings (SSSR count). The Morgan fingerprint density at radius 1 is 0.966 bits per heavy atom. The van der Waals surface area contributed by atoms with Crippen molar-refractivity contribution in [1.29, 1.82) is 0 Å². The zero-order valence-electron chi connectivity index (χ0n) is 16.1. The molecule has 0 radical (unpaired) electrons. The van der Waals surface area contributed by atoms with Gasteiger partial charge in [-0.1, -0.05) is 66.5 Å². The second-order valence-corrected chi connectivity index (χ2v) is 8.04. The van der Waals surface area contributed by atoms with Gasteiger partial charge in [-0.2, -0.15) is 0 Å². The number of quaternary nitrogens is 1. The number of rotatable bonds is 4. The Labute approximate surface area is 181 Å². The van der Waals surface area contributed by atoms with Gasteiger partial charge in [-0.25, -0.2) is 0 Å². The average molecular weight is 426 g/mol. The molecule has 148 valence electrons. The first-order valence-electron chi connectivity index (χ1n) is 9.70. The molecule has 29 heavy (non-hydrogen) atoms. The summed E-state index contributed by atoms with van der Waals surface area (Å²) in [5.74, 6) is 0.229. The highest BCUT2D eigenvalue weighted by molar-refractivity contribution is 6.31. The first-order chi connectivity index (χ1) is 14.0. The van der Waals surface area contributed by atoms with Gasteiger partial charge in [0.2, 0.25) is 0 Å². The predicted molar refractivity (Wildman–Crippen MR) is 119 cm³/mol. The van der Waals surface area contributed by atoms with Crippen molar-refractivity contribution in [2.45, 2.75) is 25.6 Å². The van der Waals surface area contributed by atoms with E-state index in [0.29, 0.717) is 10.0 Å². The van der Waals surface area contributed by atoms with Crippen LogP contribution in [-0.2, 0) is 6.42 Å². The predicted octanol–water partition coefficient (Wildman–Crippen LogP) is 5.21. The van der Waals surface area contributed by atoms with E-state index in [1.54, 1.807) is 12.1 Å². The minimum absolute atomic E-state index is 0.0991. The molecule has 0 bridgehead atoms. The maximum Gasteiger partial charge on any atom is 0.188 e. The van der Waals surface area contributed by atoms with Gasteiger partial charge in [0.25, 0.3) is 0 Å². The minimum Gasteiger partial charge on any atom is -0.507 e. The van der Waals surface area contributed by atoms with Gasteiger partial charge in [0.15, 0.2) is 6.17 Å². The lowest BCUT2D eigenvalue weighted by Crippen LogP contribution is -2.89. The number of nitrogens with two attached hydrogens (primary N) is 1. The smallest absolute Gasteiger partial charge is 0.188 e. The summed E-state index contributed by atoms with van der Waals surface area (Å²) in [5, 5.41) is 17.5. The molecule has 0 amide bonds. The normalized spacial score (nSPS) is 18.8. The molecule has 2 atom stereocenters. The maximum atomic E-state index is 10.5. The van der Waals surface area contributed by atoms with Gasteiger partial charge in [0.05, 0.1) is 10.6 Å². The van der Waals surface area contributed by atoms with Crippen molar-refractivity contribution in [3.8, 4) is 5.75 Å². The van der Waals surface area contributed by atoms with E-state index in [1.165, 1.54) is 5.56 Å². The monoisotopic (exact) mass is 425 g/mol. The molecule has 0 aliphatic carbocycles. The Hall–Kier alpha value is -2.46. The van der Waals surface area contributed by atoms with Crippen molar-refractivity contribution in [2.24, 2.45) is 0 Å². The zero-order valence-corrected chi connectivity index (χ0v) is 17.6. The Morgan fingerprint density at radius 2 is 1.72 bits per heavy atom. The summed E-state index contributed by atoms with van der Waals surface area (Å²) < 4.78 is 0. The third-order valence-electron chi connectivity index (χ3n) is 5.32. The lowest BCUT2D eigenvalue weighted by Gasteiger charge is -2.30. The van der Waals surface area contributed by atoms with E-state index < -0.39 is 0 Å². The van der Waals surface area contributed by atoms with Crippen LogP contribution in [0, 0.1) is 0 Å². The summed E-state index contributed by atoms with van der Waals surface area (Å²) in [6.45, 7) is 2.15. The fourth-order valence-electron chi connectivity index (χ4n) is 3.70. The number of aromatic hydroxyl groups is 1. The zero-order chi connectivity index (χ0) is 20.4. The van der Waals surface area contributed by atoms with Gasteiger partial charge in [0.1, 0.15) is 11.8 Å². The summed E-state index contributed by atoms with van der Waals surface area (Å²) in [6, 6.07) is 21.4. The second-order valence-electron chi connectivity index (χ2n) is 7.20. The van der Waals surface area contributed by atoms with Gasteiger partial charge in [-0.15, -0.1) is 0 Å². The van der Waals surface area contributed by atoms with Crippen molar-refractivity contribution < 1.29 is 10.4 Å². The van der Waals surface area contributed by atoms with Gasteiger partial charge in [-0.05, 0) is 47.9 Å². The third-order valence-corrected chi connectivity index (χ3v) is 5.90. The van der Waals surface area contributed by atoms with Crippen LogP contribution in [0.15, 0.2) is 72.8 Å². The number of halogens is 2. The topological polar surface area (TPSA) is 48.9 Å². The highest BCUT2D eigenvalue weighted by atomic mass is 35.5. The van der Waals surface area contributed by atoms with Gasteiger partial charge in [0, 0.05) is 22.4 Å². The molecular weight excluding hydrogens is 403 g/mol. The average Bonchev–Trinajstić information content (AvgIpc) is 2.75. The van der Waals surface area contributed by atoms with E-state index in [2.05, 4.69) is 47.9 Å². The van der Waals surface area contributed by atoms with Crippen LogP contribution >= 0.6 is 23.2 Å². The van der Waals surface area contributed by atoms with E-state index >= 15 is 0 Å². The highest BCUT2D eigenvalue weighted by Gasteiger charge is 2.30. The molecule has 1 heterocycles. The Kier molecular flexibility index (Phi) is 5.81. The van der Waals surface area contributed by atoms with Crippen LogP contribution in [0.25, 0.3) is 5.70 Å². The van der Waals surface area contributed by atoms with Gasteiger partial charge in [-0.3, -0.25) is 0 Å². The maximum absolute atomic E-state index is 10.5. The molecule has 3 aromatic carbocycles. The number of phenolic OH excluding ortho intramolecular Hbond substituents is 1. The number of aryl methyl sites for hydroxylation is 1. The van der Waals surface area contributed by atoms with Crippen LogP contribution in [0.3, 0.4) is 0 Å². The molecule has 0 fully saturated rings. The molecule has 2 unspecified atom stereocenters. The van der Waals surface area contributed by atoms with Crippen molar-refractivity contribution in [2.75, 3.05) is 0 Å². The lowest BCUT2D eigenvalue weighted by molar-refractivity contribution is -0.731. The summed E-state index contributed by atoms with van der Waals surface area (Å²) in [4.78, 5) is 0. The largest absolute Gasteiger partial charge is 0.507 e. The minimum atomic E-state index is -0.114. The van der Waals surface area contributed by atoms with Crippen molar-refractivity contribution >= 4 is 28.9 Å². The summed E-state index contributed by atoms with van der Waals surface area (Å²) >= 11 is 12.7. The SMILES string of the molecule is CCc1ccc(C2=CC(c3cc(Cl)ccc3O)[NH2+]C(c3ccccc3Cl)N2)cc1. The van der Waals surface area contributed by atoms with Crippen LogP contribution in [0.4, 0.5) is 0 Å². The van der Waals surface area contributed by atoms with Crippen LogP contribution < -0.4 is 10.6 Å². The van der Waals surface area contributed by atoms with Gasteiger partial charge < -0.3 is 15.7 Å². The Balaban J connectivity index is 1.78. The Morgan fingerprint density at radius 3 is 2.45 bits per heavy atom. The van der Waals surface area contributed by atoms with Crippen LogP contribution in [0.2, 0.25) is 10.0 Å². The Bertz CT molecular complexity index is 1050. The third kappa shape index (κ3) is 4.27. The van der Waals surface area contributed by atoms with Crippen molar-refractivity contribution in [1.82, 2.24) is 5.32 Å². The molecule has 5 heteroatoms. The summed E-state index contributed by atoms with van der Waals surface area (Å²) in [7, 11) is 0. The molecule has 0 saturated carbocycles. The van der Waals surface area contributed by atoms with Crippen LogP contribution in [0.1, 0.15) is 41.4 Å². The lowest BCUT2D eigenvalue weighted by atomic mass is 9.97. The summed E-state index contributed by atoms with van der Waals surface area (Å²) in [5.41, 5.74) is 5.17. The highest BCUT2D eigenvalue weighted by Crippen LogP contribution is 2.32. The van der Waals surface area contributed by atoms with Crippen LogP contribution in [0.5, 0.6) is 5.75 Å². The van der Waals surface area contributed by atoms with E-state index in [9.17, 15) is 5.11 Å². The first kappa shape index (κ1) is 19.8. The molecule has 1 aliphatic rings. The van der Waals surface area contributed by atoms with Crippen molar-refractivity contribution in [3.63, 3.8) is 0 Å². The standard InChI is InChI=1S/C24H22Cl2N2O/c1-2-15-7-9-16(10-8-15)21-14-22(19-13-17(25)11-12-23(19)29)28-24(27-21)18-5-3-4-6-20(18)26/h3-14,22,24,27-29H,2H2,1H3/p+1. The molecule has 3 nitrogen and oxygen atoms in total. The number of nitrogens with one attached hydrogen (secondary N) is 1. The van der Waals surface area contributed by atoms with E-state index in [4.69, 9.17) is 23.2 Å². The number of hydrogen-bond donors (Lipinski definition) is 3. The van der Waals surface area contributed by atoms with Crippen LogP contribution in [-0.4, -0.2) is 5.11 Å². The fraction of sp³-hybridized carbons (Fsp3) is 0.167. The molecule has 3 aromatic rings. The first-order valence-corrected chi connectivity index (χ1v) is 10.5. The van der Waals surface area contributed by atoms with Gasteiger partial charge >= 0.3 is 0 Å². The van der Waals surface area contributed by atoms with E-state index in [0.717, 1.165) is 28.8 Å². The molecular formula is C24H23Cl2N2O+. The number of hydrogen-bond acceptors (Lipinski definition) is 2. The van der Waals surface area contributed by atoms with Crippen molar-refractivity contribution in [3.05, 3.63) is 105 Å². The molecule has 4 N–H and O–H groups in total. The fourth-order valence-corrected chi connectivity index (χ4v) is 4.13.